The van der Waals surface area contributed by atoms with Gasteiger partial charge in [-0.05, 0) is 46.6 Å². The van der Waals surface area contributed by atoms with Crippen LogP contribution in [0.4, 0.5) is 0 Å². The summed E-state index contributed by atoms with van der Waals surface area (Å²) in [4.78, 5) is 24.5. The van der Waals surface area contributed by atoms with Crippen LogP contribution in [0.1, 0.15) is 47.0 Å². The highest BCUT2D eigenvalue weighted by Gasteiger charge is 2.56. The van der Waals surface area contributed by atoms with Crippen LogP contribution in [0.3, 0.4) is 0 Å². The number of rotatable bonds is 2. The quantitative estimate of drug-likeness (QED) is 0.332. The third-order valence-corrected chi connectivity index (χ3v) is 5.57. The number of hydrogen-bond acceptors (Lipinski definition) is 5. The molecule has 0 saturated carbocycles. The van der Waals surface area contributed by atoms with Gasteiger partial charge in [0.25, 0.3) is 0 Å². The minimum absolute atomic E-state index is 0.155. The lowest BCUT2D eigenvalue weighted by Crippen LogP contribution is -2.37. The molecule has 2 heterocycles. The highest BCUT2D eigenvalue weighted by atomic mass is 16.6. The van der Waals surface area contributed by atoms with Gasteiger partial charge in [0.1, 0.15) is 12.2 Å². The molecule has 2 saturated heterocycles. The second-order valence-electron chi connectivity index (χ2n) is 7.51. The van der Waals surface area contributed by atoms with Gasteiger partial charge in [0.2, 0.25) is 0 Å². The molecular formula is C20H26O5. The molecule has 0 unspecified atom stereocenters. The Kier molecular flexibility index (Phi) is 4.62. The first kappa shape index (κ1) is 17.9. The Balaban J connectivity index is 1.95. The largest absolute Gasteiger partial charge is 0.458 e. The van der Waals surface area contributed by atoms with E-state index in [1.54, 1.807) is 19.9 Å². The minimum atomic E-state index is -0.511. The van der Waals surface area contributed by atoms with E-state index < -0.39 is 18.2 Å². The smallest absolute Gasteiger partial charge is 0.334 e. The molecular weight excluding hydrogens is 320 g/mol. The fourth-order valence-electron chi connectivity index (χ4n) is 3.73. The summed E-state index contributed by atoms with van der Waals surface area (Å²) in [5, 5.41) is 0. The summed E-state index contributed by atoms with van der Waals surface area (Å²) in [5.74, 6) is -1.17. The van der Waals surface area contributed by atoms with Gasteiger partial charge in [0.05, 0.1) is 17.6 Å². The number of carbonyl (C=O) groups excluding carboxylic acids is 2. The van der Waals surface area contributed by atoms with E-state index in [1.807, 2.05) is 19.9 Å². The molecule has 0 radical (unpaired) electrons. The Labute approximate surface area is 148 Å². The molecule has 5 atom stereocenters. The summed E-state index contributed by atoms with van der Waals surface area (Å²) < 4.78 is 17.2. The first-order valence-corrected chi connectivity index (χ1v) is 8.84. The van der Waals surface area contributed by atoms with E-state index in [1.165, 1.54) is 0 Å². The van der Waals surface area contributed by atoms with Crippen molar-refractivity contribution >= 4 is 11.9 Å². The predicted molar refractivity (Wildman–Crippen MR) is 92.7 cm³/mol. The molecule has 2 fully saturated rings. The van der Waals surface area contributed by atoms with Crippen molar-refractivity contribution < 1.29 is 23.8 Å². The molecule has 0 amide bonds. The Morgan fingerprint density at radius 1 is 1.48 bits per heavy atom. The van der Waals surface area contributed by atoms with Gasteiger partial charge in [-0.1, -0.05) is 18.2 Å². The van der Waals surface area contributed by atoms with Gasteiger partial charge >= 0.3 is 11.9 Å². The van der Waals surface area contributed by atoms with Crippen LogP contribution >= 0.6 is 0 Å². The third-order valence-electron chi connectivity index (χ3n) is 5.57. The Morgan fingerprint density at radius 3 is 2.88 bits per heavy atom. The van der Waals surface area contributed by atoms with Crippen molar-refractivity contribution in [3.8, 4) is 0 Å². The van der Waals surface area contributed by atoms with Gasteiger partial charge in [-0.25, -0.2) is 9.59 Å². The van der Waals surface area contributed by atoms with E-state index in [9.17, 15) is 9.59 Å². The number of epoxide rings is 1. The minimum Gasteiger partial charge on any atom is -0.458 e. The average molecular weight is 346 g/mol. The van der Waals surface area contributed by atoms with Crippen molar-refractivity contribution in [3.63, 3.8) is 0 Å². The third kappa shape index (κ3) is 3.43. The summed E-state index contributed by atoms with van der Waals surface area (Å²) >= 11 is 0. The number of hydrogen-bond donors (Lipinski definition) is 0. The lowest BCUT2D eigenvalue weighted by atomic mass is 9.82. The van der Waals surface area contributed by atoms with Gasteiger partial charge in [-0.2, -0.15) is 0 Å². The van der Waals surface area contributed by atoms with Crippen LogP contribution in [-0.4, -0.2) is 35.9 Å². The second-order valence-corrected chi connectivity index (χ2v) is 7.51. The second kappa shape index (κ2) is 6.45. The molecule has 136 valence electrons. The van der Waals surface area contributed by atoms with Crippen LogP contribution in [0.5, 0.6) is 0 Å². The summed E-state index contributed by atoms with van der Waals surface area (Å²) in [6, 6.07) is 0. The summed E-state index contributed by atoms with van der Waals surface area (Å²) in [6.07, 6.45) is 5.23. The van der Waals surface area contributed by atoms with E-state index in [0.717, 1.165) is 18.4 Å². The van der Waals surface area contributed by atoms with Crippen molar-refractivity contribution in [2.75, 3.05) is 0 Å². The summed E-state index contributed by atoms with van der Waals surface area (Å²) in [6.45, 7) is 11.5. The molecule has 0 aromatic rings. The molecule has 0 spiro atoms. The Morgan fingerprint density at radius 2 is 2.20 bits per heavy atom. The number of carbonyl (C=O) groups is 2. The zero-order valence-corrected chi connectivity index (χ0v) is 15.3. The molecule has 5 heteroatoms. The van der Waals surface area contributed by atoms with Crippen LogP contribution in [0.15, 0.2) is 35.5 Å². The number of ether oxygens (including phenoxy) is 3. The molecule has 0 aromatic heterocycles. The van der Waals surface area contributed by atoms with Crippen molar-refractivity contribution in [1.29, 1.82) is 0 Å². The zero-order valence-electron chi connectivity index (χ0n) is 15.3. The predicted octanol–water partition coefficient (Wildman–Crippen LogP) is 3.25. The van der Waals surface area contributed by atoms with Crippen LogP contribution < -0.4 is 0 Å². The van der Waals surface area contributed by atoms with Crippen molar-refractivity contribution in [3.05, 3.63) is 35.5 Å². The summed E-state index contributed by atoms with van der Waals surface area (Å²) in [5.41, 5.74) is 1.72. The van der Waals surface area contributed by atoms with E-state index in [0.29, 0.717) is 17.6 Å². The number of fused-ring (bicyclic) bond motifs is 2. The fraction of sp³-hybridized carbons (Fsp3) is 0.600. The fourth-order valence-corrected chi connectivity index (χ4v) is 3.73. The lowest BCUT2D eigenvalue weighted by molar-refractivity contribution is -0.148. The topological polar surface area (TPSA) is 65.1 Å². The molecule has 0 aromatic carbocycles. The van der Waals surface area contributed by atoms with E-state index >= 15 is 0 Å². The number of allylic oxidation sites excluding steroid dienone is 2. The standard InChI is InChI=1S/C20H26O5/c1-6-12(3)18(21)24-15-10-20(5)16(25-20)8-7-11(2)9-14-17(15)13(4)19(22)23-14/h6,9,14-17H,4,7-8,10H2,1-3,5H3/b11-9-,12-6-/t14-,15-,16-,17+,20-/m1/s1. The molecule has 0 N–H and O–H groups in total. The average Bonchev–Trinajstić information content (AvgIpc) is 3.11. The van der Waals surface area contributed by atoms with Crippen molar-refractivity contribution in [2.24, 2.45) is 5.92 Å². The van der Waals surface area contributed by atoms with E-state index in [4.69, 9.17) is 14.2 Å². The van der Waals surface area contributed by atoms with Crippen LogP contribution in [0, 0.1) is 5.92 Å². The highest BCUT2D eigenvalue weighted by molar-refractivity contribution is 5.92. The lowest BCUT2D eigenvalue weighted by Gasteiger charge is -2.28. The van der Waals surface area contributed by atoms with Gasteiger partial charge in [0, 0.05) is 17.6 Å². The summed E-state index contributed by atoms with van der Waals surface area (Å²) in [7, 11) is 0. The molecule has 1 aliphatic carbocycles. The SMILES string of the molecule is C=C1C(=O)O[C@@H]2/C=C(/C)CC[C@H]3O[C@]3(C)C[C@@H](OC(=O)/C(C)=C\C)[C@@H]12. The van der Waals surface area contributed by atoms with Crippen molar-refractivity contribution in [2.45, 2.75) is 70.9 Å². The van der Waals surface area contributed by atoms with Gasteiger partial charge in [-0.15, -0.1) is 0 Å². The molecule has 3 rings (SSSR count). The maximum Gasteiger partial charge on any atom is 0.334 e. The Bertz CT molecular complexity index is 674. The van der Waals surface area contributed by atoms with Gasteiger partial charge in [-0.3, -0.25) is 0 Å². The molecule has 5 nitrogen and oxygen atoms in total. The highest BCUT2D eigenvalue weighted by Crippen LogP contribution is 2.47. The molecule has 0 bridgehead atoms. The Hall–Kier alpha value is -1.88. The maximum atomic E-state index is 12.4. The molecule has 3 aliphatic rings. The van der Waals surface area contributed by atoms with Crippen LogP contribution in [0.2, 0.25) is 0 Å². The van der Waals surface area contributed by atoms with Crippen LogP contribution in [-0.2, 0) is 23.8 Å². The monoisotopic (exact) mass is 346 g/mol. The number of esters is 2. The normalized spacial score (nSPS) is 40.3. The first-order chi connectivity index (χ1) is 11.7. The maximum absolute atomic E-state index is 12.4. The van der Waals surface area contributed by atoms with Gasteiger partial charge < -0.3 is 14.2 Å². The van der Waals surface area contributed by atoms with E-state index in [-0.39, 0.29) is 23.6 Å². The molecule has 2 aliphatic heterocycles. The van der Waals surface area contributed by atoms with Gasteiger partial charge in [0.15, 0.2) is 0 Å². The van der Waals surface area contributed by atoms with Crippen molar-refractivity contribution in [1.82, 2.24) is 0 Å². The molecule has 25 heavy (non-hydrogen) atoms. The first-order valence-electron chi connectivity index (χ1n) is 8.84. The van der Waals surface area contributed by atoms with Crippen LogP contribution in [0.25, 0.3) is 0 Å². The van der Waals surface area contributed by atoms with E-state index in [2.05, 4.69) is 6.58 Å². The zero-order chi connectivity index (χ0) is 18.4.